The van der Waals surface area contributed by atoms with E-state index in [1.165, 1.54) is 4.90 Å². The number of aromatic amines is 1. The van der Waals surface area contributed by atoms with E-state index in [0.717, 1.165) is 11.1 Å². The molecule has 2 aromatic heterocycles. The molecule has 1 atom stereocenters. The van der Waals surface area contributed by atoms with Crippen molar-refractivity contribution in [3.63, 3.8) is 0 Å². The number of aryl methyl sites for hydroxylation is 1. The van der Waals surface area contributed by atoms with Crippen LogP contribution >= 0.6 is 0 Å². The summed E-state index contributed by atoms with van der Waals surface area (Å²) in [4.78, 5) is 30.8. The first-order valence-corrected chi connectivity index (χ1v) is 7.98. The van der Waals surface area contributed by atoms with Crippen LogP contribution in [0.25, 0.3) is 11.3 Å². The molecule has 9 nitrogen and oxygen atoms in total. The van der Waals surface area contributed by atoms with Crippen molar-refractivity contribution in [2.75, 3.05) is 17.2 Å². The van der Waals surface area contributed by atoms with Gasteiger partial charge >= 0.3 is 0 Å². The van der Waals surface area contributed by atoms with Gasteiger partial charge in [-0.1, -0.05) is 24.3 Å². The Labute approximate surface area is 147 Å². The Balaban J connectivity index is 1.90. The summed E-state index contributed by atoms with van der Waals surface area (Å²) in [5, 5.41) is 7.13. The molecule has 130 valence electrons. The number of carbonyl (C=O) groups is 2. The number of nitrogens with zero attached hydrogens (tertiary/aromatic N) is 3. The van der Waals surface area contributed by atoms with E-state index in [1.807, 2.05) is 31.2 Å². The minimum Gasteiger partial charge on any atom is -0.423 e. The summed E-state index contributed by atoms with van der Waals surface area (Å²) in [6, 6.07) is 7.38. The Hall–Kier alpha value is -3.62. The number of benzene rings is 1. The second-order valence-electron chi connectivity index (χ2n) is 6.43. The highest BCUT2D eigenvalue weighted by Gasteiger charge is 2.62. The van der Waals surface area contributed by atoms with Crippen molar-refractivity contribution in [3.8, 4) is 11.3 Å². The van der Waals surface area contributed by atoms with Crippen LogP contribution in [0.1, 0.15) is 22.5 Å². The highest BCUT2D eigenvalue weighted by atomic mass is 16.4. The summed E-state index contributed by atoms with van der Waals surface area (Å²) < 4.78 is 5.61. The minimum absolute atomic E-state index is 0.0206. The molecule has 5 rings (SSSR count). The number of nitrogen functional groups attached to an aromatic ring is 1. The molecule has 0 fully saturated rings. The molecule has 1 aliphatic carbocycles. The molecule has 2 aliphatic rings. The lowest BCUT2D eigenvalue weighted by Crippen LogP contribution is -2.45. The Morgan fingerprint density at radius 1 is 1.38 bits per heavy atom. The van der Waals surface area contributed by atoms with Gasteiger partial charge in [0, 0.05) is 16.8 Å². The third kappa shape index (κ3) is 1.46. The fourth-order valence-electron chi connectivity index (χ4n) is 4.15. The minimum atomic E-state index is -1.26. The average molecular weight is 350 g/mol. The highest BCUT2D eigenvalue weighted by molar-refractivity contribution is 6.17. The number of amides is 2. The molecule has 0 radical (unpaired) electrons. The molecule has 26 heavy (non-hydrogen) atoms. The van der Waals surface area contributed by atoms with Crippen LogP contribution in [-0.2, 0) is 15.0 Å². The molecule has 9 heteroatoms. The number of primary amides is 1. The van der Waals surface area contributed by atoms with Gasteiger partial charge in [-0.25, -0.2) is 0 Å². The Morgan fingerprint density at radius 3 is 2.92 bits per heavy atom. The lowest BCUT2D eigenvalue weighted by Gasteiger charge is -2.24. The first kappa shape index (κ1) is 14.7. The SMILES string of the molecule is Cc1[nH]nc2c1[C@@]1(C(=O)N2CC(N)=O)c2ccccc2-c2oc(N)nc21. The van der Waals surface area contributed by atoms with E-state index in [9.17, 15) is 9.59 Å². The lowest BCUT2D eigenvalue weighted by molar-refractivity contribution is -0.123. The molecule has 3 aromatic rings. The maximum atomic E-state index is 13.6. The van der Waals surface area contributed by atoms with Crippen LogP contribution in [0.4, 0.5) is 11.8 Å². The number of aromatic nitrogens is 3. The van der Waals surface area contributed by atoms with Crippen LogP contribution in [0.15, 0.2) is 28.7 Å². The second-order valence-corrected chi connectivity index (χ2v) is 6.43. The van der Waals surface area contributed by atoms with Crippen molar-refractivity contribution < 1.29 is 14.0 Å². The zero-order valence-corrected chi connectivity index (χ0v) is 13.7. The highest BCUT2D eigenvalue weighted by Crippen LogP contribution is 2.58. The van der Waals surface area contributed by atoms with E-state index in [0.29, 0.717) is 28.5 Å². The number of hydrogen-bond donors (Lipinski definition) is 3. The first-order chi connectivity index (χ1) is 12.5. The monoisotopic (exact) mass is 350 g/mol. The van der Waals surface area contributed by atoms with Crippen molar-refractivity contribution in [2.45, 2.75) is 12.3 Å². The largest absolute Gasteiger partial charge is 0.423 e. The molecule has 0 bridgehead atoms. The molecule has 1 aliphatic heterocycles. The third-order valence-corrected chi connectivity index (χ3v) is 5.01. The molecule has 0 unspecified atom stereocenters. The summed E-state index contributed by atoms with van der Waals surface area (Å²) in [6.45, 7) is 1.54. The summed E-state index contributed by atoms with van der Waals surface area (Å²) in [5.41, 5.74) is 13.1. The van der Waals surface area contributed by atoms with Gasteiger partial charge in [-0.2, -0.15) is 10.1 Å². The maximum absolute atomic E-state index is 13.6. The number of H-pyrrole nitrogens is 1. The molecule has 5 N–H and O–H groups in total. The van der Waals surface area contributed by atoms with Gasteiger partial charge in [-0.05, 0) is 12.5 Å². The number of fused-ring (bicyclic) bond motifs is 7. The van der Waals surface area contributed by atoms with Crippen molar-refractivity contribution in [1.29, 1.82) is 0 Å². The van der Waals surface area contributed by atoms with Crippen molar-refractivity contribution >= 4 is 23.6 Å². The van der Waals surface area contributed by atoms with Gasteiger partial charge in [-0.3, -0.25) is 19.6 Å². The number of oxazole rings is 1. The normalized spacial score (nSPS) is 19.7. The molecular formula is C17H14N6O3. The predicted molar refractivity (Wildman–Crippen MR) is 91.1 cm³/mol. The van der Waals surface area contributed by atoms with Crippen molar-refractivity contribution in [1.82, 2.24) is 15.2 Å². The molecule has 1 aromatic carbocycles. The zero-order valence-electron chi connectivity index (χ0n) is 13.7. The Kier molecular flexibility index (Phi) is 2.55. The summed E-state index contributed by atoms with van der Waals surface area (Å²) in [5.74, 6) is -0.145. The molecule has 2 amide bonds. The van der Waals surface area contributed by atoms with Crippen LogP contribution in [0.5, 0.6) is 0 Å². The Morgan fingerprint density at radius 2 is 2.15 bits per heavy atom. The van der Waals surface area contributed by atoms with Gasteiger partial charge in [0.15, 0.2) is 17.0 Å². The van der Waals surface area contributed by atoms with E-state index in [-0.39, 0.29) is 18.5 Å². The third-order valence-electron chi connectivity index (χ3n) is 5.01. The topological polar surface area (TPSA) is 144 Å². The fourth-order valence-corrected chi connectivity index (χ4v) is 4.15. The summed E-state index contributed by atoms with van der Waals surface area (Å²) >= 11 is 0. The van der Waals surface area contributed by atoms with Gasteiger partial charge in [0.2, 0.25) is 11.8 Å². The number of hydrogen-bond acceptors (Lipinski definition) is 6. The molecule has 1 spiro atoms. The molecular weight excluding hydrogens is 336 g/mol. The number of nitrogens with one attached hydrogen (secondary N) is 1. The smallest absolute Gasteiger partial charge is 0.292 e. The van der Waals surface area contributed by atoms with Gasteiger partial charge in [0.1, 0.15) is 12.2 Å². The average Bonchev–Trinajstić information content (AvgIpc) is 3.28. The first-order valence-electron chi connectivity index (χ1n) is 7.98. The predicted octanol–water partition coefficient (Wildman–Crippen LogP) is 0.435. The van der Waals surface area contributed by atoms with E-state index in [1.54, 1.807) is 0 Å². The number of anilines is 2. The van der Waals surface area contributed by atoms with Crippen molar-refractivity contribution in [3.05, 3.63) is 46.8 Å². The van der Waals surface area contributed by atoms with Gasteiger partial charge < -0.3 is 15.9 Å². The van der Waals surface area contributed by atoms with Crippen LogP contribution in [0.2, 0.25) is 0 Å². The van der Waals surface area contributed by atoms with Crippen molar-refractivity contribution in [2.24, 2.45) is 5.73 Å². The van der Waals surface area contributed by atoms with E-state index < -0.39 is 11.3 Å². The Bertz CT molecular complexity index is 1110. The van der Waals surface area contributed by atoms with E-state index in [2.05, 4.69) is 15.2 Å². The zero-order chi connectivity index (χ0) is 18.2. The van der Waals surface area contributed by atoms with Gasteiger partial charge in [0.25, 0.3) is 6.01 Å². The maximum Gasteiger partial charge on any atom is 0.292 e. The van der Waals surface area contributed by atoms with Crippen LogP contribution in [-0.4, -0.2) is 33.5 Å². The van der Waals surface area contributed by atoms with E-state index in [4.69, 9.17) is 15.9 Å². The number of carbonyl (C=O) groups excluding carboxylic acids is 2. The summed E-state index contributed by atoms with van der Waals surface area (Å²) in [7, 11) is 0. The number of nitrogens with two attached hydrogens (primary N) is 2. The molecule has 0 saturated carbocycles. The van der Waals surface area contributed by atoms with Crippen LogP contribution in [0.3, 0.4) is 0 Å². The van der Waals surface area contributed by atoms with Gasteiger partial charge in [-0.15, -0.1) is 0 Å². The standard InChI is InChI=1S/C17H14N6O3/c1-7-11-14(22-21-7)23(6-10(18)24)15(25)17(11)9-5-3-2-4-8(9)12-13(17)20-16(19)26-12/h2-5H,6H2,1H3,(H2,18,24)(H2,19,20)(H,21,22)/t17-/m0/s1. The van der Waals surface area contributed by atoms with E-state index >= 15 is 0 Å². The van der Waals surface area contributed by atoms with Gasteiger partial charge in [0.05, 0.1) is 0 Å². The summed E-state index contributed by atoms with van der Waals surface area (Å²) in [6.07, 6.45) is 0. The second kappa shape index (κ2) is 4.51. The van der Waals surface area contributed by atoms with Crippen LogP contribution < -0.4 is 16.4 Å². The molecule has 3 heterocycles. The quantitative estimate of drug-likeness (QED) is 0.611. The lowest BCUT2D eigenvalue weighted by atomic mass is 9.75. The number of rotatable bonds is 2. The van der Waals surface area contributed by atoms with Crippen LogP contribution in [0, 0.1) is 6.92 Å². The fraction of sp³-hybridized carbons (Fsp3) is 0.176. The molecule has 0 saturated heterocycles.